The molecule has 148 valence electrons. The average Bonchev–Trinajstić information content (AvgIpc) is 3.07. The minimum absolute atomic E-state index is 0.187. The van der Waals surface area contributed by atoms with E-state index >= 15 is 0 Å². The fourth-order valence-corrected chi connectivity index (χ4v) is 3.61. The minimum atomic E-state index is -0.562. The summed E-state index contributed by atoms with van der Waals surface area (Å²) in [4.78, 5) is 12.4. The van der Waals surface area contributed by atoms with Crippen molar-refractivity contribution >= 4 is 28.6 Å². The molecule has 2 aromatic carbocycles. The van der Waals surface area contributed by atoms with Crippen molar-refractivity contribution in [2.45, 2.75) is 6.54 Å². The Morgan fingerprint density at radius 2 is 1.97 bits per heavy atom. The monoisotopic (exact) mass is 408 g/mol. The number of aromatic hydroxyl groups is 1. The van der Waals surface area contributed by atoms with Crippen LogP contribution in [0.2, 0.25) is 0 Å². The molecule has 1 aromatic heterocycles. The van der Waals surface area contributed by atoms with Crippen LogP contribution in [-0.2, 0) is 11.3 Å². The molecular weight excluding hydrogens is 388 g/mol. The maximum Gasteiger partial charge on any atom is 0.412 e. The molecule has 3 rings (SSSR count). The van der Waals surface area contributed by atoms with Gasteiger partial charge in [-0.3, -0.25) is 5.32 Å². The Hall–Kier alpha value is -3.65. The number of amides is 1. The lowest BCUT2D eigenvalue weighted by Gasteiger charge is -2.09. The van der Waals surface area contributed by atoms with Gasteiger partial charge in [-0.15, -0.1) is 11.7 Å². The van der Waals surface area contributed by atoms with E-state index in [2.05, 4.69) is 22.1 Å². The third kappa shape index (κ3) is 4.99. The molecule has 1 amide bonds. The van der Waals surface area contributed by atoms with Crippen molar-refractivity contribution in [2.75, 3.05) is 12.4 Å². The number of methoxy groups -OCH3 is 1. The minimum Gasteiger partial charge on any atom is -0.508 e. The second-order valence-corrected chi connectivity index (χ2v) is 6.86. The van der Waals surface area contributed by atoms with Crippen LogP contribution in [0.3, 0.4) is 0 Å². The maximum absolute atomic E-state index is 11.8. The van der Waals surface area contributed by atoms with Gasteiger partial charge in [-0.25, -0.2) is 4.79 Å². The number of nitrogens with one attached hydrogen (secondary N) is 1. The molecule has 0 aliphatic carbocycles. The topological polar surface area (TPSA) is 88.2 Å². The molecule has 29 heavy (non-hydrogen) atoms. The summed E-state index contributed by atoms with van der Waals surface area (Å²) in [5.41, 5.74) is 2.51. The van der Waals surface area contributed by atoms with Crippen LogP contribution in [0, 0.1) is 0 Å². The summed E-state index contributed by atoms with van der Waals surface area (Å²) >= 11 is 1.29. The lowest BCUT2D eigenvalue weighted by atomic mass is 10.1. The van der Waals surface area contributed by atoms with E-state index in [0.717, 1.165) is 16.8 Å². The number of nitrogens with zero attached hydrogens (tertiary/aromatic N) is 3. The average molecular weight is 408 g/mol. The highest BCUT2D eigenvalue weighted by Gasteiger charge is 2.17. The van der Waals surface area contributed by atoms with E-state index in [4.69, 9.17) is 4.74 Å². The number of allylic oxidation sites excluding steroid dienone is 1. The fraction of sp³-hybridized carbons (Fsp3) is 0.0952. The molecule has 2 N–H and O–H groups in total. The Bertz CT molecular complexity index is 1080. The molecule has 0 saturated heterocycles. The van der Waals surface area contributed by atoms with Gasteiger partial charge in [0.1, 0.15) is 10.8 Å². The predicted molar refractivity (Wildman–Crippen MR) is 115 cm³/mol. The van der Waals surface area contributed by atoms with Crippen LogP contribution >= 0.6 is 11.3 Å². The summed E-state index contributed by atoms with van der Waals surface area (Å²) in [6, 6.07) is 16.3. The van der Waals surface area contributed by atoms with Crippen LogP contribution in [0.15, 0.2) is 77.5 Å². The summed E-state index contributed by atoms with van der Waals surface area (Å²) in [7, 11) is 1.32. The summed E-state index contributed by atoms with van der Waals surface area (Å²) < 4.78 is 6.67. The lowest BCUT2D eigenvalue weighted by molar-refractivity contribution is 0.187. The van der Waals surface area contributed by atoms with Crippen LogP contribution in [0.1, 0.15) is 5.56 Å². The van der Waals surface area contributed by atoms with Gasteiger partial charge in [0.2, 0.25) is 4.80 Å². The highest BCUT2D eigenvalue weighted by Crippen LogP contribution is 2.31. The quantitative estimate of drug-likeness (QED) is 0.364. The zero-order valence-electron chi connectivity index (χ0n) is 15.8. The normalized spacial score (nSPS) is 11.6. The number of phenolic OH excluding ortho intramolecular Hbond substituents is 1. The van der Waals surface area contributed by atoms with E-state index in [1.807, 2.05) is 34.9 Å². The first kappa shape index (κ1) is 20.1. The lowest BCUT2D eigenvalue weighted by Crippen LogP contribution is -2.15. The number of ether oxygens (including phenoxy) is 1. The number of anilines is 1. The molecular formula is C21H20N4O3S. The Morgan fingerprint density at radius 3 is 2.62 bits per heavy atom. The third-order valence-corrected chi connectivity index (χ3v) is 4.90. The molecule has 0 atom stereocenters. The standard InChI is InChI=1S/C21H20N4O3S/c1-3-13-25-18(16-7-5-4-6-8-16)19(23-21(27)28-2)29-20(25)24-22-14-15-9-11-17(26)12-10-15/h3-12,14,26H,1,13H2,2H3,(H,23,27)/b22-14+,24-20?. The van der Waals surface area contributed by atoms with Gasteiger partial charge in [-0.1, -0.05) is 47.7 Å². The number of aromatic nitrogens is 1. The zero-order chi connectivity index (χ0) is 20.6. The number of hydrogen-bond donors (Lipinski definition) is 2. The summed E-state index contributed by atoms with van der Waals surface area (Å²) in [5, 5.41) is 21.2. The molecule has 8 heteroatoms. The van der Waals surface area contributed by atoms with Gasteiger partial charge >= 0.3 is 6.09 Å². The third-order valence-electron chi connectivity index (χ3n) is 3.91. The molecule has 0 unspecified atom stereocenters. The van der Waals surface area contributed by atoms with Crippen molar-refractivity contribution in [3.63, 3.8) is 0 Å². The van der Waals surface area contributed by atoms with Gasteiger partial charge in [-0.2, -0.15) is 5.10 Å². The number of rotatable bonds is 6. The second-order valence-electron chi connectivity index (χ2n) is 5.88. The van der Waals surface area contributed by atoms with E-state index < -0.39 is 6.09 Å². The van der Waals surface area contributed by atoms with Crippen molar-refractivity contribution in [1.82, 2.24) is 4.57 Å². The number of thiazole rings is 1. The Kier molecular flexibility index (Phi) is 6.59. The Morgan fingerprint density at radius 1 is 1.24 bits per heavy atom. The number of phenols is 1. The van der Waals surface area contributed by atoms with E-state index in [1.165, 1.54) is 18.4 Å². The molecule has 0 saturated carbocycles. The number of carbonyl (C=O) groups is 1. The van der Waals surface area contributed by atoms with Gasteiger partial charge in [0.25, 0.3) is 0 Å². The van der Waals surface area contributed by atoms with Crippen LogP contribution in [-0.4, -0.2) is 29.1 Å². The summed E-state index contributed by atoms with van der Waals surface area (Å²) in [6.07, 6.45) is 2.78. The molecule has 0 spiro atoms. The number of hydrogen-bond acceptors (Lipinski definition) is 6. The highest BCUT2D eigenvalue weighted by molar-refractivity contribution is 7.14. The van der Waals surface area contributed by atoms with Gasteiger partial charge in [-0.05, 0) is 29.8 Å². The molecule has 0 radical (unpaired) electrons. The van der Waals surface area contributed by atoms with Crippen molar-refractivity contribution in [3.05, 3.63) is 77.6 Å². The number of carbonyl (C=O) groups excluding carboxylic acids is 1. The SMILES string of the molecule is C=CCn1c(-c2ccccc2)c(NC(=O)OC)sc1=N/N=C/c1ccc(O)cc1. The molecule has 1 heterocycles. The Labute approximate surface area is 171 Å². The van der Waals surface area contributed by atoms with E-state index in [-0.39, 0.29) is 5.75 Å². The van der Waals surface area contributed by atoms with Gasteiger partial charge < -0.3 is 14.4 Å². The fourth-order valence-electron chi connectivity index (χ4n) is 2.60. The van der Waals surface area contributed by atoms with Crippen LogP contribution < -0.4 is 10.1 Å². The predicted octanol–water partition coefficient (Wildman–Crippen LogP) is 4.22. The van der Waals surface area contributed by atoms with Crippen molar-refractivity contribution < 1.29 is 14.6 Å². The first-order valence-corrected chi connectivity index (χ1v) is 9.55. The molecule has 0 bridgehead atoms. The van der Waals surface area contributed by atoms with Gasteiger partial charge in [0.15, 0.2) is 0 Å². The molecule has 3 aromatic rings. The van der Waals surface area contributed by atoms with Crippen molar-refractivity contribution in [2.24, 2.45) is 10.2 Å². The number of benzene rings is 2. The van der Waals surface area contributed by atoms with Gasteiger partial charge in [0.05, 0.1) is 19.0 Å². The molecule has 0 fully saturated rings. The first-order valence-electron chi connectivity index (χ1n) is 8.73. The van der Waals surface area contributed by atoms with E-state index in [1.54, 1.807) is 36.6 Å². The maximum atomic E-state index is 11.8. The molecule has 0 aliphatic rings. The van der Waals surface area contributed by atoms with Crippen LogP contribution in [0.4, 0.5) is 9.80 Å². The second kappa shape index (κ2) is 9.52. The van der Waals surface area contributed by atoms with Crippen LogP contribution in [0.5, 0.6) is 5.75 Å². The Balaban J connectivity index is 2.09. The summed E-state index contributed by atoms with van der Waals surface area (Å²) in [6.45, 7) is 4.31. The van der Waals surface area contributed by atoms with Gasteiger partial charge in [0, 0.05) is 12.1 Å². The molecule has 0 aliphatic heterocycles. The van der Waals surface area contributed by atoms with Crippen molar-refractivity contribution in [3.8, 4) is 17.0 Å². The highest BCUT2D eigenvalue weighted by atomic mass is 32.1. The smallest absolute Gasteiger partial charge is 0.412 e. The first-order chi connectivity index (χ1) is 14.1. The van der Waals surface area contributed by atoms with Crippen molar-refractivity contribution in [1.29, 1.82) is 0 Å². The van der Waals surface area contributed by atoms with E-state index in [0.29, 0.717) is 16.3 Å². The largest absolute Gasteiger partial charge is 0.508 e. The van der Waals surface area contributed by atoms with E-state index in [9.17, 15) is 9.90 Å². The molecule has 7 nitrogen and oxygen atoms in total. The van der Waals surface area contributed by atoms with Crippen LogP contribution in [0.25, 0.3) is 11.3 Å². The zero-order valence-corrected chi connectivity index (χ0v) is 16.6. The summed E-state index contributed by atoms with van der Waals surface area (Å²) in [5.74, 6) is 0.187.